The van der Waals surface area contributed by atoms with Crippen LogP contribution in [0.2, 0.25) is 5.02 Å². The minimum absolute atomic E-state index is 0.0440. The molecule has 1 fully saturated rings. The Morgan fingerprint density at radius 3 is 2.81 bits per heavy atom. The van der Waals surface area contributed by atoms with Crippen LogP contribution >= 0.6 is 11.6 Å². The molecule has 0 aromatic carbocycles. The van der Waals surface area contributed by atoms with E-state index in [1.54, 1.807) is 0 Å². The number of aromatic hydroxyl groups is 1. The molecule has 0 saturated carbocycles. The number of nitrogens with zero attached hydrogens (tertiary/aromatic N) is 4. The van der Waals surface area contributed by atoms with Gasteiger partial charge in [0, 0.05) is 24.8 Å². The van der Waals surface area contributed by atoms with Crippen LogP contribution < -0.4 is 5.32 Å². The standard InChI is InChI=1S/C18H22ClN5O3/c1-10-11(2)18(21-13-4-3-5-24(8-13)9-15(26)27)23-22-16(10)17-14(25)6-12(19)7-20-17/h6-7,13,25H,3-5,8-9H2,1-2H3,(H,21,23)(H,26,27). The van der Waals surface area contributed by atoms with Crippen molar-refractivity contribution in [3.05, 3.63) is 28.4 Å². The third kappa shape index (κ3) is 4.45. The van der Waals surface area contributed by atoms with Crippen LogP contribution in [0.4, 0.5) is 5.82 Å². The highest BCUT2D eigenvalue weighted by Crippen LogP contribution is 2.32. The van der Waals surface area contributed by atoms with Gasteiger partial charge in [0.1, 0.15) is 17.1 Å². The third-order valence-electron chi connectivity index (χ3n) is 4.79. The molecule has 2 aromatic rings. The Morgan fingerprint density at radius 2 is 2.11 bits per heavy atom. The molecule has 9 heteroatoms. The van der Waals surface area contributed by atoms with Crippen LogP contribution in [0.5, 0.6) is 5.75 Å². The number of hydrogen-bond acceptors (Lipinski definition) is 7. The zero-order valence-corrected chi connectivity index (χ0v) is 16.0. The first-order chi connectivity index (χ1) is 12.8. The number of aliphatic carboxylic acids is 1. The summed E-state index contributed by atoms with van der Waals surface area (Å²) in [5.41, 5.74) is 2.61. The van der Waals surface area contributed by atoms with Crippen molar-refractivity contribution in [2.75, 3.05) is 25.0 Å². The van der Waals surface area contributed by atoms with Gasteiger partial charge in [-0.2, -0.15) is 0 Å². The van der Waals surface area contributed by atoms with Crippen molar-refractivity contribution in [3.63, 3.8) is 0 Å². The summed E-state index contributed by atoms with van der Waals surface area (Å²) in [6, 6.07) is 1.53. The van der Waals surface area contributed by atoms with Crippen LogP contribution in [0.3, 0.4) is 0 Å². The van der Waals surface area contributed by atoms with Crippen LogP contribution in [0, 0.1) is 13.8 Å². The molecule has 1 aliphatic heterocycles. The minimum atomic E-state index is -0.818. The fraction of sp³-hybridized carbons (Fsp3) is 0.444. The maximum Gasteiger partial charge on any atom is 0.317 e. The molecule has 0 bridgehead atoms. The Hall–Kier alpha value is -2.45. The van der Waals surface area contributed by atoms with Crippen molar-refractivity contribution in [2.24, 2.45) is 0 Å². The van der Waals surface area contributed by atoms with Gasteiger partial charge >= 0.3 is 5.97 Å². The number of carbonyl (C=O) groups is 1. The molecule has 1 saturated heterocycles. The largest absolute Gasteiger partial charge is 0.506 e. The molecule has 0 radical (unpaired) electrons. The summed E-state index contributed by atoms with van der Waals surface area (Å²) in [5, 5.41) is 31.3. The highest BCUT2D eigenvalue weighted by Gasteiger charge is 2.23. The number of rotatable bonds is 5. The van der Waals surface area contributed by atoms with Gasteiger partial charge in [-0.1, -0.05) is 11.6 Å². The van der Waals surface area contributed by atoms with E-state index in [2.05, 4.69) is 20.5 Å². The minimum Gasteiger partial charge on any atom is -0.506 e. The number of carboxylic acid groups (broad SMARTS) is 1. The van der Waals surface area contributed by atoms with Crippen molar-refractivity contribution in [3.8, 4) is 17.1 Å². The van der Waals surface area contributed by atoms with Crippen LogP contribution in [0.15, 0.2) is 12.3 Å². The van der Waals surface area contributed by atoms with Crippen molar-refractivity contribution < 1.29 is 15.0 Å². The molecule has 1 aliphatic rings. The first kappa shape index (κ1) is 19.3. The second kappa shape index (κ2) is 8.06. The number of anilines is 1. The zero-order valence-electron chi connectivity index (χ0n) is 15.2. The molecule has 27 heavy (non-hydrogen) atoms. The first-order valence-corrected chi connectivity index (χ1v) is 9.12. The number of pyridine rings is 1. The summed E-state index contributed by atoms with van der Waals surface area (Å²) in [6.45, 7) is 5.31. The van der Waals surface area contributed by atoms with E-state index in [4.69, 9.17) is 16.7 Å². The smallest absolute Gasteiger partial charge is 0.317 e. The molecule has 2 aromatic heterocycles. The number of likely N-dealkylation sites (tertiary alicyclic amines) is 1. The summed E-state index contributed by atoms with van der Waals surface area (Å²) in [4.78, 5) is 17.0. The zero-order chi connectivity index (χ0) is 19.6. The Bertz CT molecular complexity index is 861. The predicted octanol–water partition coefficient (Wildman–Crippen LogP) is 2.48. The van der Waals surface area contributed by atoms with E-state index in [0.29, 0.717) is 28.8 Å². The lowest BCUT2D eigenvalue weighted by molar-refractivity contribution is -0.138. The monoisotopic (exact) mass is 391 g/mol. The number of carboxylic acids is 1. The van der Waals surface area contributed by atoms with Crippen LogP contribution in [0.25, 0.3) is 11.4 Å². The number of nitrogens with one attached hydrogen (secondary N) is 1. The van der Waals surface area contributed by atoms with E-state index in [-0.39, 0.29) is 18.3 Å². The molecule has 144 valence electrons. The lowest BCUT2D eigenvalue weighted by atomic mass is 10.0. The molecule has 0 aliphatic carbocycles. The maximum absolute atomic E-state index is 10.9. The SMILES string of the molecule is Cc1c(NC2CCCN(CC(=O)O)C2)nnc(-c2ncc(Cl)cc2O)c1C. The summed E-state index contributed by atoms with van der Waals surface area (Å²) >= 11 is 5.84. The van der Waals surface area contributed by atoms with E-state index in [0.717, 1.165) is 30.5 Å². The van der Waals surface area contributed by atoms with Gasteiger partial charge in [-0.15, -0.1) is 10.2 Å². The lowest BCUT2D eigenvalue weighted by Gasteiger charge is -2.32. The molecule has 0 spiro atoms. The molecule has 3 rings (SSSR count). The van der Waals surface area contributed by atoms with E-state index < -0.39 is 5.97 Å². The highest BCUT2D eigenvalue weighted by atomic mass is 35.5. The Labute approximate surface area is 162 Å². The Balaban J connectivity index is 1.80. The maximum atomic E-state index is 10.9. The molecule has 3 N–H and O–H groups in total. The van der Waals surface area contributed by atoms with E-state index >= 15 is 0 Å². The van der Waals surface area contributed by atoms with Gasteiger partial charge in [0.2, 0.25) is 0 Å². The van der Waals surface area contributed by atoms with Gasteiger partial charge in [-0.25, -0.2) is 4.98 Å². The van der Waals surface area contributed by atoms with E-state index in [1.165, 1.54) is 12.3 Å². The molecule has 3 heterocycles. The second-order valence-electron chi connectivity index (χ2n) is 6.78. The quantitative estimate of drug-likeness (QED) is 0.712. The molecule has 0 amide bonds. The lowest BCUT2D eigenvalue weighted by Crippen LogP contribution is -2.44. The van der Waals surface area contributed by atoms with Crippen LogP contribution in [-0.4, -0.2) is 61.9 Å². The van der Waals surface area contributed by atoms with Crippen molar-refractivity contribution in [2.45, 2.75) is 32.7 Å². The molecule has 8 nitrogen and oxygen atoms in total. The van der Waals surface area contributed by atoms with Crippen LogP contribution in [-0.2, 0) is 4.79 Å². The normalized spacial score (nSPS) is 17.7. The van der Waals surface area contributed by atoms with Crippen molar-refractivity contribution >= 4 is 23.4 Å². The fourth-order valence-electron chi connectivity index (χ4n) is 3.28. The Kier molecular flexibility index (Phi) is 5.76. The molecule has 1 unspecified atom stereocenters. The molecule has 1 atom stereocenters. The van der Waals surface area contributed by atoms with Gasteiger partial charge in [-0.05, 0) is 44.4 Å². The van der Waals surface area contributed by atoms with Crippen molar-refractivity contribution in [1.82, 2.24) is 20.1 Å². The number of piperidine rings is 1. The average molecular weight is 392 g/mol. The van der Waals surface area contributed by atoms with Gasteiger partial charge in [-0.3, -0.25) is 9.69 Å². The highest BCUT2D eigenvalue weighted by molar-refractivity contribution is 6.30. The summed E-state index contributed by atoms with van der Waals surface area (Å²) in [7, 11) is 0. The van der Waals surface area contributed by atoms with Gasteiger partial charge < -0.3 is 15.5 Å². The number of hydrogen-bond donors (Lipinski definition) is 3. The average Bonchev–Trinajstić information content (AvgIpc) is 2.60. The van der Waals surface area contributed by atoms with Gasteiger partial charge in [0.15, 0.2) is 5.82 Å². The third-order valence-corrected chi connectivity index (χ3v) is 4.99. The van der Waals surface area contributed by atoms with Gasteiger partial charge in [0.05, 0.1) is 11.6 Å². The topological polar surface area (TPSA) is 111 Å². The van der Waals surface area contributed by atoms with E-state index in [1.807, 2.05) is 18.7 Å². The number of halogens is 1. The van der Waals surface area contributed by atoms with Crippen LogP contribution in [0.1, 0.15) is 24.0 Å². The fourth-order valence-corrected chi connectivity index (χ4v) is 3.43. The number of aromatic nitrogens is 3. The Morgan fingerprint density at radius 1 is 1.33 bits per heavy atom. The molecular formula is C18H22ClN5O3. The summed E-state index contributed by atoms with van der Waals surface area (Å²) < 4.78 is 0. The molecular weight excluding hydrogens is 370 g/mol. The summed E-state index contributed by atoms with van der Waals surface area (Å²) in [5.74, 6) is -0.203. The van der Waals surface area contributed by atoms with Crippen molar-refractivity contribution in [1.29, 1.82) is 0 Å². The second-order valence-corrected chi connectivity index (χ2v) is 7.22. The van der Waals surface area contributed by atoms with E-state index in [9.17, 15) is 9.90 Å². The summed E-state index contributed by atoms with van der Waals surface area (Å²) in [6.07, 6.45) is 3.33. The van der Waals surface area contributed by atoms with Gasteiger partial charge in [0.25, 0.3) is 0 Å². The first-order valence-electron chi connectivity index (χ1n) is 8.74. The predicted molar refractivity (Wildman–Crippen MR) is 102 cm³/mol.